The minimum absolute atomic E-state index is 0.0337. The second kappa shape index (κ2) is 9.09. The van der Waals surface area contributed by atoms with Crippen LogP contribution in [0.15, 0.2) is 94.1 Å². The predicted molar refractivity (Wildman–Crippen MR) is 126 cm³/mol. The summed E-state index contributed by atoms with van der Waals surface area (Å²) in [6.45, 7) is 4.09. The number of rotatable bonds is 8. The summed E-state index contributed by atoms with van der Waals surface area (Å²) in [4.78, 5) is 19.1. The van der Waals surface area contributed by atoms with Gasteiger partial charge < -0.3 is 4.90 Å². The van der Waals surface area contributed by atoms with Crippen molar-refractivity contribution < 1.29 is 13.2 Å². The molecule has 0 unspecified atom stereocenters. The Morgan fingerprint density at radius 2 is 1.84 bits per heavy atom. The van der Waals surface area contributed by atoms with Gasteiger partial charge in [0, 0.05) is 12.2 Å². The molecule has 4 rings (SSSR count). The topological polar surface area (TPSA) is 72.3 Å². The molecule has 0 atom stereocenters. The average molecular weight is 470 g/mol. The summed E-state index contributed by atoms with van der Waals surface area (Å²) in [7, 11) is -3.83. The van der Waals surface area contributed by atoms with Crippen LogP contribution in [0.2, 0.25) is 0 Å². The third kappa shape index (κ3) is 4.30. The molecule has 0 spiro atoms. The standard InChI is InChI=1S/C22H19N3O3S3/c1-2-14-24(17-9-4-3-5-10-17)20(26)16-30-22-23-18-11-6-7-12-19(18)25(22)31(27,28)21-13-8-15-29-21/h2-13,15H,1,14,16H2. The Hall–Kier alpha value is -2.88. The fourth-order valence-corrected chi connectivity index (χ4v) is 6.75. The van der Waals surface area contributed by atoms with Crippen molar-refractivity contribution in [3.63, 3.8) is 0 Å². The zero-order valence-corrected chi connectivity index (χ0v) is 18.9. The summed E-state index contributed by atoms with van der Waals surface area (Å²) in [5.41, 5.74) is 1.80. The van der Waals surface area contributed by atoms with Crippen LogP contribution in [0.25, 0.3) is 11.0 Å². The third-order valence-corrected chi connectivity index (χ3v) is 8.60. The Balaban J connectivity index is 1.67. The molecule has 0 saturated heterocycles. The zero-order chi connectivity index (χ0) is 21.8. The van der Waals surface area contributed by atoms with E-state index in [4.69, 9.17) is 0 Å². The minimum Gasteiger partial charge on any atom is -0.308 e. The molecule has 31 heavy (non-hydrogen) atoms. The number of nitrogens with zero attached hydrogens (tertiary/aromatic N) is 3. The van der Waals surface area contributed by atoms with Crippen LogP contribution < -0.4 is 4.90 Å². The smallest absolute Gasteiger partial charge is 0.279 e. The van der Waals surface area contributed by atoms with Crippen LogP contribution in [-0.4, -0.2) is 35.6 Å². The highest BCUT2D eigenvalue weighted by molar-refractivity contribution is 8.00. The quantitative estimate of drug-likeness (QED) is 0.278. The van der Waals surface area contributed by atoms with Crippen LogP contribution in [-0.2, 0) is 14.8 Å². The summed E-state index contributed by atoms with van der Waals surface area (Å²) in [5, 5.41) is 1.98. The molecule has 0 aliphatic heterocycles. The number of anilines is 1. The fourth-order valence-electron chi connectivity index (χ4n) is 3.10. The monoisotopic (exact) mass is 469 g/mol. The SMILES string of the molecule is C=CCN(C(=O)CSc1nc2ccccc2n1S(=O)(=O)c1cccs1)c1ccccc1. The highest BCUT2D eigenvalue weighted by atomic mass is 32.2. The van der Waals surface area contributed by atoms with Gasteiger partial charge in [-0.2, -0.15) is 8.42 Å². The number of hydrogen-bond acceptors (Lipinski definition) is 6. The molecule has 158 valence electrons. The molecule has 0 fully saturated rings. The lowest BCUT2D eigenvalue weighted by atomic mass is 10.3. The molecular weight excluding hydrogens is 450 g/mol. The first-order chi connectivity index (χ1) is 15.0. The molecule has 0 bridgehead atoms. The number of thioether (sulfide) groups is 1. The van der Waals surface area contributed by atoms with Crippen molar-refractivity contribution in [2.24, 2.45) is 0 Å². The van der Waals surface area contributed by atoms with Crippen molar-refractivity contribution in [1.82, 2.24) is 8.96 Å². The van der Waals surface area contributed by atoms with Gasteiger partial charge in [0.15, 0.2) is 5.16 Å². The van der Waals surface area contributed by atoms with E-state index in [1.807, 2.05) is 30.3 Å². The van der Waals surface area contributed by atoms with Gasteiger partial charge in [-0.1, -0.05) is 54.2 Å². The van der Waals surface area contributed by atoms with Gasteiger partial charge in [0.05, 0.1) is 16.8 Å². The molecule has 4 aromatic rings. The summed E-state index contributed by atoms with van der Waals surface area (Å²) in [5.74, 6) is -0.130. The number of imidazole rings is 1. The number of hydrogen-bond donors (Lipinski definition) is 0. The summed E-state index contributed by atoms with van der Waals surface area (Å²) < 4.78 is 28.1. The van der Waals surface area contributed by atoms with Crippen molar-refractivity contribution >= 4 is 55.7 Å². The van der Waals surface area contributed by atoms with E-state index in [9.17, 15) is 13.2 Å². The Labute approximate surface area is 188 Å². The first-order valence-electron chi connectivity index (χ1n) is 9.38. The van der Waals surface area contributed by atoms with Gasteiger partial charge in [0.1, 0.15) is 4.21 Å². The highest BCUT2D eigenvalue weighted by Gasteiger charge is 2.26. The van der Waals surface area contributed by atoms with E-state index in [1.165, 1.54) is 3.97 Å². The Morgan fingerprint density at radius 1 is 1.10 bits per heavy atom. The van der Waals surface area contributed by atoms with Crippen LogP contribution in [0.4, 0.5) is 5.69 Å². The second-order valence-corrected chi connectivity index (χ2v) is 10.4. The number of aromatic nitrogens is 2. The van der Waals surface area contributed by atoms with Gasteiger partial charge in [0.2, 0.25) is 5.91 Å². The van der Waals surface area contributed by atoms with Crippen molar-refractivity contribution in [3.05, 3.63) is 84.8 Å². The van der Waals surface area contributed by atoms with E-state index in [1.54, 1.807) is 52.8 Å². The van der Waals surface area contributed by atoms with Crippen LogP contribution in [0.5, 0.6) is 0 Å². The molecule has 0 aliphatic carbocycles. The van der Waals surface area contributed by atoms with E-state index in [-0.39, 0.29) is 21.0 Å². The van der Waals surface area contributed by atoms with Crippen LogP contribution in [0.1, 0.15) is 0 Å². The fraction of sp³-hybridized carbons (Fsp3) is 0.0909. The number of amides is 1. The largest absolute Gasteiger partial charge is 0.308 e. The molecule has 1 amide bonds. The second-order valence-electron chi connectivity index (χ2n) is 6.50. The van der Waals surface area contributed by atoms with Gasteiger partial charge in [-0.3, -0.25) is 4.79 Å². The molecule has 0 radical (unpaired) electrons. The molecular formula is C22H19N3O3S3. The molecule has 0 saturated carbocycles. The number of carbonyl (C=O) groups excluding carboxylic acids is 1. The molecule has 0 aliphatic rings. The predicted octanol–water partition coefficient (Wildman–Crippen LogP) is 4.65. The van der Waals surface area contributed by atoms with Gasteiger partial charge in [0.25, 0.3) is 10.0 Å². The first kappa shape index (κ1) is 21.4. The lowest BCUT2D eigenvalue weighted by Gasteiger charge is -2.21. The van der Waals surface area contributed by atoms with Crippen molar-refractivity contribution in [2.45, 2.75) is 9.37 Å². The van der Waals surface area contributed by atoms with Crippen molar-refractivity contribution in [2.75, 3.05) is 17.2 Å². The van der Waals surface area contributed by atoms with Crippen LogP contribution in [0, 0.1) is 0 Å². The average Bonchev–Trinajstić information content (AvgIpc) is 3.45. The maximum absolute atomic E-state index is 13.3. The number of para-hydroxylation sites is 3. The summed E-state index contributed by atoms with van der Waals surface area (Å²) in [6.07, 6.45) is 1.66. The Bertz CT molecular complexity index is 1310. The molecule has 2 aromatic carbocycles. The minimum atomic E-state index is -3.83. The van der Waals surface area contributed by atoms with Crippen LogP contribution in [0.3, 0.4) is 0 Å². The molecule has 0 N–H and O–H groups in total. The first-order valence-corrected chi connectivity index (χ1v) is 12.7. The summed E-state index contributed by atoms with van der Waals surface area (Å²) >= 11 is 2.25. The lowest BCUT2D eigenvalue weighted by molar-refractivity contribution is -0.116. The van der Waals surface area contributed by atoms with Crippen LogP contribution >= 0.6 is 23.1 Å². The van der Waals surface area contributed by atoms with Crippen molar-refractivity contribution in [1.29, 1.82) is 0 Å². The molecule has 2 heterocycles. The lowest BCUT2D eigenvalue weighted by Crippen LogP contribution is -2.32. The highest BCUT2D eigenvalue weighted by Crippen LogP contribution is 2.31. The number of thiophene rings is 1. The van der Waals surface area contributed by atoms with Gasteiger partial charge in [-0.15, -0.1) is 17.9 Å². The number of carbonyl (C=O) groups is 1. The molecule has 9 heteroatoms. The maximum atomic E-state index is 13.3. The van der Waals surface area contributed by atoms with E-state index < -0.39 is 10.0 Å². The normalized spacial score (nSPS) is 11.5. The van der Waals surface area contributed by atoms with E-state index in [0.717, 1.165) is 28.8 Å². The van der Waals surface area contributed by atoms with Gasteiger partial charge in [-0.05, 0) is 35.7 Å². The zero-order valence-electron chi connectivity index (χ0n) is 16.4. The van der Waals surface area contributed by atoms with Gasteiger partial charge >= 0.3 is 0 Å². The Morgan fingerprint density at radius 3 is 2.55 bits per heavy atom. The number of benzene rings is 2. The molecule has 2 aromatic heterocycles. The van der Waals surface area contributed by atoms with Crippen molar-refractivity contribution in [3.8, 4) is 0 Å². The molecule has 6 nitrogen and oxygen atoms in total. The summed E-state index contributed by atoms with van der Waals surface area (Å²) in [6, 6.07) is 19.6. The van der Waals surface area contributed by atoms with E-state index in [0.29, 0.717) is 17.6 Å². The Kier molecular flexibility index (Phi) is 6.26. The van der Waals surface area contributed by atoms with Gasteiger partial charge in [-0.25, -0.2) is 8.96 Å². The van der Waals surface area contributed by atoms with E-state index >= 15 is 0 Å². The number of fused-ring (bicyclic) bond motifs is 1. The maximum Gasteiger partial charge on any atom is 0.279 e. The third-order valence-electron chi connectivity index (χ3n) is 4.49. The van der Waals surface area contributed by atoms with E-state index in [2.05, 4.69) is 11.6 Å².